The number of carboxylic acid groups (broad SMARTS) is 1. The lowest BCUT2D eigenvalue weighted by Crippen LogP contribution is -2.48. The molecule has 0 atom stereocenters. The minimum atomic E-state index is -0.853. The largest absolute Gasteiger partial charge is 0.465 e. The van der Waals surface area contributed by atoms with E-state index in [1.165, 1.54) is 4.90 Å². The summed E-state index contributed by atoms with van der Waals surface area (Å²) < 4.78 is 5.19. The molecule has 0 saturated carbocycles. The van der Waals surface area contributed by atoms with Crippen LogP contribution in [0.5, 0.6) is 0 Å². The summed E-state index contributed by atoms with van der Waals surface area (Å²) in [6.45, 7) is 2.91. The van der Waals surface area contributed by atoms with Crippen LogP contribution >= 0.6 is 0 Å². The Bertz CT molecular complexity index is 456. The Morgan fingerprint density at radius 3 is 2.63 bits per heavy atom. The summed E-state index contributed by atoms with van der Waals surface area (Å²) in [6.07, 6.45) is -0.853. The number of ether oxygens (including phenoxy) is 1. The van der Waals surface area contributed by atoms with Crippen LogP contribution < -0.4 is 10.6 Å². The molecule has 19 heavy (non-hydrogen) atoms. The Balaban J connectivity index is 2.12. The number of hydrogen-bond donors (Lipinski definition) is 2. The van der Waals surface area contributed by atoms with E-state index in [9.17, 15) is 4.79 Å². The van der Waals surface area contributed by atoms with Gasteiger partial charge < -0.3 is 25.4 Å². The quantitative estimate of drug-likeness (QED) is 0.803. The fourth-order valence-corrected chi connectivity index (χ4v) is 2.32. The van der Waals surface area contributed by atoms with Crippen molar-refractivity contribution in [1.82, 2.24) is 4.90 Å². The van der Waals surface area contributed by atoms with E-state index in [1.54, 1.807) is 7.11 Å². The molecule has 1 saturated heterocycles. The van der Waals surface area contributed by atoms with Gasteiger partial charge in [0.2, 0.25) is 0 Å². The Hall–Kier alpha value is -1.95. The summed E-state index contributed by atoms with van der Waals surface area (Å²) in [5, 5.41) is 8.94. The zero-order valence-electron chi connectivity index (χ0n) is 11.0. The van der Waals surface area contributed by atoms with E-state index in [2.05, 4.69) is 4.90 Å². The molecule has 0 aromatic heterocycles. The zero-order valence-corrected chi connectivity index (χ0v) is 11.0. The average Bonchev–Trinajstić information content (AvgIpc) is 2.39. The van der Waals surface area contributed by atoms with Gasteiger partial charge in [-0.2, -0.15) is 0 Å². The van der Waals surface area contributed by atoms with Crippen molar-refractivity contribution in [1.29, 1.82) is 0 Å². The smallest absolute Gasteiger partial charge is 0.407 e. The highest BCUT2D eigenvalue weighted by Crippen LogP contribution is 2.25. The van der Waals surface area contributed by atoms with Crippen LogP contribution in [0.1, 0.15) is 5.56 Å². The summed E-state index contributed by atoms with van der Waals surface area (Å²) >= 11 is 0. The summed E-state index contributed by atoms with van der Waals surface area (Å²) in [6, 6.07) is 5.74. The van der Waals surface area contributed by atoms with Crippen LogP contribution in [0.3, 0.4) is 0 Å². The van der Waals surface area contributed by atoms with Gasteiger partial charge in [0.15, 0.2) is 0 Å². The normalized spacial score (nSPS) is 15.6. The van der Waals surface area contributed by atoms with Gasteiger partial charge in [-0.25, -0.2) is 4.79 Å². The fourth-order valence-electron chi connectivity index (χ4n) is 2.32. The molecule has 1 fully saturated rings. The number of hydrogen-bond acceptors (Lipinski definition) is 4. The standard InChI is InChI=1S/C13H19N3O3/c1-19-9-10-8-11(14)2-3-12(10)15-4-6-16(7-5-15)13(17)18/h2-3,8H,4-7,9,14H2,1H3,(H,17,18). The molecule has 2 rings (SSSR count). The van der Waals surface area contributed by atoms with E-state index in [4.69, 9.17) is 15.6 Å². The number of nitrogens with zero attached hydrogens (tertiary/aromatic N) is 2. The number of piperazine rings is 1. The first kappa shape index (κ1) is 13.5. The van der Waals surface area contributed by atoms with Crippen molar-refractivity contribution in [3.8, 4) is 0 Å². The minimum Gasteiger partial charge on any atom is -0.465 e. The first-order valence-corrected chi connectivity index (χ1v) is 6.22. The lowest BCUT2D eigenvalue weighted by Gasteiger charge is -2.35. The van der Waals surface area contributed by atoms with Crippen LogP contribution in [-0.2, 0) is 11.3 Å². The van der Waals surface area contributed by atoms with Gasteiger partial charge >= 0.3 is 6.09 Å². The third-order valence-electron chi connectivity index (χ3n) is 3.29. The van der Waals surface area contributed by atoms with Gasteiger partial charge in [-0.1, -0.05) is 0 Å². The Morgan fingerprint density at radius 2 is 2.05 bits per heavy atom. The van der Waals surface area contributed by atoms with E-state index < -0.39 is 6.09 Å². The van der Waals surface area contributed by atoms with E-state index in [-0.39, 0.29) is 0 Å². The maximum atomic E-state index is 10.9. The van der Waals surface area contributed by atoms with Gasteiger partial charge in [0, 0.05) is 50.2 Å². The summed E-state index contributed by atoms with van der Waals surface area (Å²) in [5.74, 6) is 0. The van der Waals surface area contributed by atoms with Crippen molar-refractivity contribution in [2.75, 3.05) is 43.9 Å². The molecule has 6 nitrogen and oxygen atoms in total. The zero-order chi connectivity index (χ0) is 13.8. The maximum absolute atomic E-state index is 10.9. The van der Waals surface area contributed by atoms with Crippen LogP contribution in [0, 0.1) is 0 Å². The number of benzene rings is 1. The second kappa shape index (κ2) is 5.79. The highest BCUT2D eigenvalue weighted by atomic mass is 16.5. The SMILES string of the molecule is COCc1cc(N)ccc1N1CCN(C(=O)O)CC1. The molecule has 1 aromatic rings. The third-order valence-corrected chi connectivity index (χ3v) is 3.29. The molecule has 1 aliphatic heterocycles. The number of carbonyl (C=O) groups is 1. The molecule has 0 unspecified atom stereocenters. The van der Waals surface area contributed by atoms with Gasteiger partial charge in [0.25, 0.3) is 0 Å². The first-order valence-electron chi connectivity index (χ1n) is 6.22. The van der Waals surface area contributed by atoms with E-state index in [0.29, 0.717) is 38.5 Å². The Morgan fingerprint density at radius 1 is 1.37 bits per heavy atom. The van der Waals surface area contributed by atoms with Crippen molar-refractivity contribution in [3.63, 3.8) is 0 Å². The summed E-state index contributed by atoms with van der Waals surface area (Å²) in [5.41, 5.74) is 8.60. The van der Waals surface area contributed by atoms with Crippen molar-refractivity contribution in [2.24, 2.45) is 0 Å². The van der Waals surface area contributed by atoms with E-state index >= 15 is 0 Å². The van der Waals surface area contributed by atoms with Crippen LogP contribution in [-0.4, -0.2) is 49.4 Å². The van der Waals surface area contributed by atoms with Crippen LogP contribution in [0.25, 0.3) is 0 Å². The first-order chi connectivity index (χ1) is 9.11. The molecular weight excluding hydrogens is 246 g/mol. The van der Waals surface area contributed by atoms with Crippen LogP contribution in [0.15, 0.2) is 18.2 Å². The van der Waals surface area contributed by atoms with Gasteiger partial charge in [0.05, 0.1) is 6.61 Å². The highest BCUT2D eigenvalue weighted by molar-refractivity contribution is 5.66. The van der Waals surface area contributed by atoms with Crippen molar-refractivity contribution in [3.05, 3.63) is 23.8 Å². The number of amides is 1. The van der Waals surface area contributed by atoms with Crippen LogP contribution in [0.4, 0.5) is 16.2 Å². The lowest BCUT2D eigenvalue weighted by molar-refractivity contribution is 0.142. The topological polar surface area (TPSA) is 79.0 Å². The van der Waals surface area contributed by atoms with Gasteiger partial charge in [-0.3, -0.25) is 0 Å². The van der Waals surface area contributed by atoms with Crippen molar-refractivity contribution >= 4 is 17.5 Å². The third kappa shape index (κ3) is 3.08. The second-order valence-electron chi connectivity index (χ2n) is 4.58. The van der Waals surface area contributed by atoms with Gasteiger partial charge in [0.1, 0.15) is 0 Å². The second-order valence-corrected chi connectivity index (χ2v) is 4.58. The summed E-state index contributed by atoms with van der Waals surface area (Å²) in [4.78, 5) is 14.5. The number of methoxy groups -OCH3 is 1. The van der Waals surface area contributed by atoms with Gasteiger partial charge in [-0.05, 0) is 18.2 Å². The number of rotatable bonds is 3. The molecule has 0 aliphatic carbocycles. The monoisotopic (exact) mass is 265 g/mol. The Kier molecular flexibility index (Phi) is 4.11. The molecule has 104 valence electrons. The number of nitrogens with two attached hydrogens (primary N) is 1. The number of nitrogen functional groups attached to an aromatic ring is 1. The molecule has 1 amide bonds. The maximum Gasteiger partial charge on any atom is 0.407 e. The predicted molar refractivity (Wildman–Crippen MR) is 73.4 cm³/mol. The molecule has 1 aliphatic rings. The molecule has 6 heteroatoms. The highest BCUT2D eigenvalue weighted by Gasteiger charge is 2.21. The van der Waals surface area contributed by atoms with E-state index in [0.717, 1.165) is 11.3 Å². The van der Waals surface area contributed by atoms with Crippen molar-refractivity contribution in [2.45, 2.75) is 6.61 Å². The van der Waals surface area contributed by atoms with Crippen molar-refractivity contribution < 1.29 is 14.6 Å². The predicted octanol–water partition coefficient (Wildman–Crippen LogP) is 1.22. The van der Waals surface area contributed by atoms with Crippen LogP contribution in [0.2, 0.25) is 0 Å². The number of anilines is 2. The molecule has 0 radical (unpaired) electrons. The average molecular weight is 265 g/mol. The lowest BCUT2D eigenvalue weighted by atomic mass is 10.1. The fraction of sp³-hybridized carbons (Fsp3) is 0.462. The molecule has 0 bridgehead atoms. The summed E-state index contributed by atoms with van der Waals surface area (Å²) in [7, 11) is 1.65. The molecule has 0 spiro atoms. The molecule has 1 heterocycles. The minimum absolute atomic E-state index is 0.500. The Labute approximate surface area is 112 Å². The molecule has 1 aromatic carbocycles. The molecular formula is C13H19N3O3. The van der Waals surface area contributed by atoms with Gasteiger partial charge in [-0.15, -0.1) is 0 Å². The molecule has 3 N–H and O–H groups in total. The van der Waals surface area contributed by atoms with E-state index in [1.807, 2.05) is 18.2 Å².